The molecule has 0 spiro atoms. The van der Waals surface area contributed by atoms with Crippen LogP contribution in [0, 0.1) is 0 Å². The number of nitrogens with one attached hydrogen (secondary N) is 1. The van der Waals surface area contributed by atoms with E-state index in [-0.39, 0.29) is 5.91 Å². The second kappa shape index (κ2) is 7.93. The summed E-state index contributed by atoms with van der Waals surface area (Å²) in [5, 5.41) is 8.30. The lowest BCUT2D eigenvalue weighted by atomic mass is 10.1. The summed E-state index contributed by atoms with van der Waals surface area (Å²) in [4.78, 5) is 25.7. The van der Waals surface area contributed by atoms with Crippen molar-refractivity contribution in [2.75, 3.05) is 42.9 Å². The molecular weight excluding hydrogens is 354 g/mol. The van der Waals surface area contributed by atoms with Gasteiger partial charge in [-0.1, -0.05) is 25.1 Å². The number of nitrogens with zero attached hydrogens (tertiary/aromatic N) is 6. The van der Waals surface area contributed by atoms with Gasteiger partial charge in [0.2, 0.25) is 5.91 Å². The Morgan fingerprint density at radius 3 is 2.71 bits per heavy atom. The molecule has 0 radical (unpaired) electrons. The lowest BCUT2D eigenvalue weighted by molar-refractivity contribution is -0.117. The highest BCUT2D eigenvalue weighted by molar-refractivity contribution is 5.93. The third-order valence-corrected chi connectivity index (χ3v) is 5.22. The number of anilines is 2. The molecule has 1 fully saturated rings. The van der Waals surface area contributed by atoms with Crippen LogP contribution in [0.15, 0.2) is 36.8 Å². The first kappa shape index (κ1) is 18.4. The van der Waals surface area contributed by atoms with Crippen LogP contribution in [-0.2, 0) is 18.3 Å². The average molecular weight is 379 g/mol. The van der Waals surface area contributed by atoms with E-state index >= 15 is 0 Å². The Hall–Kier alpha value is -3.00. The number of rotatable bonds is 5. The predicted octanol–water partition coefficient (Wildman–Crippen LogP) is 1.69. The summed E-state index contributed by atoms with van der Waals surface area (Å²) >= 11 is 0. The minimum Gasteiger partial charge on any atom is -0.353 e. The molecule has 1 amide bonds. The van der Waals surface area contributed by atoms with Crippen molar-refractivity contribution in [3.05, 3.63) is 42.4 Å². The molecule has 3 aromatic rings. The monoisotopic (exact) mass is 379 g/mol. The number of hydrogen-bond acceptors (Lipinski definition) is 6. The van der Waals surface area contributed by atoms with Gasteiger partial charge < -0.3 is 10.2 Å². The fourth-order valence-electron chi connectivity index (χ4n) is 3.66. The van der Waals surface area contributed by atoms with Gasteiger partial charge in [0.15, 0.2) is 5.65 Å². The summed E-state index contributed by atoms with van der Waals surface area (Å²) in [5.41, 5.74) is 2.90. The number of benzene rings is 1. The second-order valence-corrected chi connectivity index (χ2v) is 7.02. The van der Waals surface area contributed by atoms with Crippen molar-refractivity contribution in [1.29, 1.82) is 0 Å². The van der Waals surface area contributed by atoms with E-state index in [9.17, 15) is 4.79 Å². The van der Waals surface area contributed by atoms with Crippen LogP contribution in [0.2, 0.25) is 0 Å². The first-order valence-corrected chi connectivity index (χ1v) is 9.63. The predicted molar refractivity (Wildman–Crippen MR) is 109 cm³/mol. The van der Waals surface area contributed by atoms with Crippen LogP contribution < -0.4 is 10.2 Å². The van der Waals surface area contributed by atoms with E-state index in [4.69, 9.17) is 0 Å². The molecule has 0 unspecified atom stereocenters. The Labute approximate surface area is 164 Å². The van der Waals surface area contributed by atoms with Gasteiger partial charge in [-0.2, -0.15) is 5.10 Å². The highest BCUT2D eigenvalue weighted by atomic mass is 16.2. The van der Waals surface area contributed by atoms with Crippen LogP contribution >= 0.6 is 0 Å². The smallest absolute Gasteiger partial charge is 0.238 e. The summed E-state index contributed by atoms with van der Waals surface area (Å²) in [6.07, 6.45) is 4.30. The normalized spacial score (nSPS) is 15.1. The number of carbonyl (C=O) groups is 1. The lowest BCUT2D eigenvalue weighted by Crippen LogP contribution is -2.49. The minimum atomic E-state index is 0.0334. The van der Waals surface area contributed by atoms with E-state index in [1.807, 2.05) is 31.4 Å². The minimum absolute atomic E-state index is 0.0334. The Bertz CT molecular complexity index is 976. The van der Waals surface area contributed by atoms with Gasteiger partial charge in [0.25, 0.3) is 0 Å². The van der Waals surface area contributed by atoms with Gasteiger partial charge in [0.05, 0.1) is 18.1 Å². The topological polar surface area (TPSA) is 79.2 Å². The summed E-state index contributed by atoms with van der Waals surface area (Å²) in [6.45, 7) is 5.76. The molecule has 1 aromatic carbocycles. The van der Waals surface area contributed by atoms with Crippen molar-refractivity contribution in [3.63, 3.8) is 0 Å². The highest BCUT2D eigenvalue weighted by Crippen LogP contribution is 2.23. The van der Waals surface area contributed by atoms with E-state index in [2.05, 4.69) is 43.2 Å². The summed E-state index contributed by atoms with van der Waals surface area (Å²) in [5.74, 6) is 0.949. The number of para-hydroxylation sites is 1. The van der Waals surface area contributed by atoms with Crippen LogP contribution in [0.4, 0.5) is 11.5 Å². The van der Waals surface area contributed by atoms with E-state index in [1.54, 1.807) is 11.0 Å². The molecule has 0 saturated carbocycles. The SMILES string of the molecule is CCc1ccccc1NC(=O)CN1CCN(c2ncnc3c2cnn3C)CC1. The number of piperazine rings is 1. The van der Waals surface area contributed by atoms with Gasteiger partial charge in [-0.05, 0) is 18.1 Å². The third kappa shape index (κ3) is 3.68. The number of amides is 1. The van der Waals surface area contributed by atoms with Gasteiger partial charge in [0, 0.05) is 38.9 Å². The molecule has 1 saturated heterocycles. The van der Waals surface area contributed by atoms with Crippen molar-refractivity contribution in [2.45, 2.75) is 13.3 Å². The Kier molecular flexibility index (Phi) is 5.21. The van der Waals surface area contributed by atoms with Crippen molar-refractivity contribution >= 4 is 28.4 Å². The molecule has 0 bridgehead atoms. The first-order chi connectivity index (χ1) is 13.7. The zero-order valence-corrected chi connectivity index (χ0v) is 16.3. The lowest BCUT2D eigenvalue weighted by Gasteiger charge is -2.35. The average Bonchev–Trinajstić information content (AvgIpc) is 3.10. The first-order valence-electron chi connectivity index (χ1n) is 9.63. The van der Waals surface area contributed by atoms with Crippen LogP contribution in [0.5, 0.6) is 0 Å². The molecular formula is C20H25N7O. The maximum atomic E-state index is 12.5. The molecule has 3 heterocycles. The van der Waals surface area contributed by atoms with Crippen molar-refractivity contribution in [3.8, 4) is 0 Å². The standard InChI is InChI=1S/C20H25N7O/c1-3-15-6-4-5-7-17(15)24-18(28)13-26-8-10-27(11-9-26)20-16-12-23-25(2)19(16)21-14-22-20/h4-7,12,14H,3,8-11,13H2,1-2H3,(H,24,28). The zero-order valence-electron chi connectivity index (χ0n) is 16.3. The highest BCUT2D eigenvalue weighted by Gasteiger charge is 2.22. The van der Waals surface area contributed by atoms with Crippen LogP contribution in [0.25, 0.3) is 11.0 Å². The van der Waals surface area contributed by atoms with Gasteiger partial charge in [-0.3, -0.25) is 14.4 Å². The number of aromatic nitrogens is 4. The maximum absolute atomic E-state index is 12.5. The maximum Gasteiger partial charge on any atom is 0.238 e. The third-order valence-electron chi connectivity index (χ3n) is 5.22. The molecule has 1 N–H and O–H groups in total. The molecule has 1 aliphatic rings. The largest absolute Gasteiger partial charge is 0.353 e. The number of carbonyl (C=O) groups excluding carboxylic acids is 1. The molecule has 1 aliphatic heterocycles. The van der Waals surface area contributed by atoms with E-state index < -0.39 is 0 Å². The molecule has 146 valence electrons. The van der Waals surface area contributed by atoms with Crippen molar-refractivity contribution < 1.29 is 4.79 Å². The molecule has 8 nitrogen and oxygen atoms in total. The molecule has 2 aromatic heterocycles. The molecule has 8 heteroatoms. The molecule has 4 rings (SSSR count). The zero-order chi connectivity index (χ0) is 19.5. The van der Waals surface area contributed by atoms with Crippen LogP contribution in [-0.4, -0.2) is 63.3 Å². The fourth-order valence-corrected chi connectivity index (χ4v) is 3.66. The van der Waals surface area contributed by atoms with E-state index in [1.165, 1.54) is 0 Å². The fraction of sp³-hybridized carbons (Fsp3) is 0.400. The van der Waals surface area contributed by atoms with Gasteiger partial charge in [-0.15, -0.1) is 0 Å². The van der Waals surface area contributed by atoms with Crippen molar-refractivity contribution in [1.82, 2.24) is 24.6 Å². The number of aryl methyl sites for hydroxylation is 2. The Morgan fingerprint density at radius 1 is 1.14 bits per heavy atom. The van der Waals surface area contributed by atoms with E-state index in [0.29, 0.717) is 6.54 Å². The van der Waals surface area contributed by atoms with E-state index in [0.717, 1.165) is 60.7 Å². The molecule has 0 atom stereocenters. The number of hydrogen-bond donors (Lipinski definition) is 1. The summed E-state index contributed by atoms with van der Waals surface area (Å²) in [7, 11) is 1.88. The summed E-state index contributed by atoms with van der Waals surface area (Å²) < 4.78 is 1.76. The second-order valence-electron chi connectivity index (χ2n) is 7.02. The van der Waals surface area contributed by atoms with Gasteiger partial charge in [-0.25, -0.2) is 9.97 Å². The Balaban J connectivity index is 1.36. The van der Waals surface area contributed by atoms with Crippen LogP contribution in [0.3, 0.4) is 0 Å². The van der Waals surface area contributed by atoms with Gasteiger partial charge in [0.1, 0.15) is 12.1 Å². The molecule has 28 heavy (non-hydrogen) atoms. The molecule has 0 aliphatic carbocycles. The van der Waals surface area contributed by atoms with Gasteiger partial charge >= 0.3 is 0 Å². The summed E-state index contributed by atoms with van der Waals surface area (Å²) in [6, 6.07) is 7.96. The van der Waals surface area contributed by atoms with Crippen LogP contribution in [0.1, 0.15) is 12.5 Å². The Morgan fingerprint density at radius 2 is 1.93 bits per heavy atom. The van der Waals surface area contributed by atoms with Crippen molar-refractivity contribution in [2.24, 2.45) is 7.05 Å². The number of fused-ring (bicyclic) bond motifs is 1. The quantitative estimate of drug-likeness (QED) is 0.727.